The summed E-state index contributed by atoms with van der Waals surface area (Å²) in [6.45, 7) is 7.48. The molecule has 0 aliphatic rings. The molecule has 0 spiro atoms. The molecule has 0 saturated heterocycles. The Balaban J connectivity index is 3.43. The molecule has 0 aliphatic heterocycles. The number of rotatable bonds is 17. The predicted octanol–water partition coefficient (Wildman–Crippen LogP) is 2.33. The number of Topliss-reactive ketones (excluding diaryl/α,β-unsaturated/α-hetero) is 1. The van der Waals surface area contributed by atoms with Crippen molar-refractivity contribution in [3.63, 3.8) is 0 Å². The number of ether oxygens (including phenoxy) is 2. The third kappa shape index (κ3) is 17.6. The Hall–Kier alpha value is -1.24. The van der Waals surface area contributed by atoms with Crippen molar-refractivity contribution in [3.05, 3.63) is 12.2 Å². The average molecular weight is 372 g/mol. The van der Waals surface area contributed by atoms with Gasteiger partial charge in [0.15, 0.2) is 5.78 Å². The first-order valence-corrected chi connectivity index (χ1v) is 9.76. The molecular formula is C20H39N2O4+. The summed E-state index contributed by atoms with van der Waals surface area (Å²) >= 11 is 0. The number of unbranched alkanes of at least 4 members (excludes halogenated alkanes) is 2. The zero-order valence-electron chi connectivity index (χ0n) is 17.2. The average Bonchev–Trinajstić information content (AvgIpc) is 2.55. The van der Waals surface area contributed by atoms with Gasteiger partial charge in [-0.25, -0.2) is 0 Å². The van der Waals surface area contributed by atoms with Gasteiger partial charge in [0.1, 0.15) is 13.2 Å². The van der Waals surface area contributed by atoms with Crippen LogP contribution in [0.4, 0.5) is 0 Å². The first kappa shape index (κ1) is 24.8. The van der Waals surface area contributed by atoms with Crippen LogP contribution < -0.4 is 5.32 Å². The molecule has 0 fully saturated rings. The van der Waals surface area contributed by atoms with E-state index in [0.29, 0.717) is 30.8 Å². The number of carbonyl (C=O) groups is 2. The summed E-state index contributed by atoms with van der Waals surface area (Å²) in [5, 5.41) is 2.84. The van der Waals surface area contributed by atoms with E-state index < -0.39 is 0 Å². The van der Waals surface area contributed by atoms with E-state index in [1.807, 2.05) is 14.1 Å². The van der Waals surface area contributed by atoms with Crippen LogP contribution in [0.1, 0.15) is 46.0 Å². The van der Waals surface area contributed by atoms with Crippen LogP contribution in [-0.2, 0) is 19.1 Å². The van der Waals surface area contributed by atoms with E-state index in [9.17, 15) is 9.59 Å². The summed E-state index contributed by atoms with van der Waals surface area (Å²) in [7, 11) is 4.04. The van der Waals surface area contributed by atoms with Crippen LogP contribution in [0.2, 0.25) is 0 Å². The summed E-state index contributed by atoms with van der Waals surface area (Å²) in [5.41, 5.74) is 0. The Kier molecular flexibility index (Phi) is 15.2. The maximum atomic E-state index is 11.7. The number of hydrogen-bond acceptors (Lipinski definition) is 4. The second-order valence-corrected chi connectivity index (χ2v) is 7.29. The number of amides is 1. The molecule has 0 atom stereocenters. The molecular weight excluding hydrogens is 332 g/mol. The zero-order chi connectivity index (χ0) is 19.7. The highest BCUT2D eigenvalue weighted by molar-refractivity contribution is 5.77. The third-order valence-corrected chi connectivity index (χ3v) is 3.80. The standard InChI is InChI=1S/C20H38N2O4/c1-5-6-7-8-9-10-14-25-15-16-26-18-20(24)21-12-11-13-22(3,4)17-19(2)23/h7-8H,5-6,9-18H2,1-4H3/p+1/b8-7-. The van der Waals surface area contributed by atoms with Gasteiger partial charge in [0.25, 0.3) is 0 Å². The molecule has 1 amide bonds. The van der Waals surface area contributed by atoms with E-state index in [0.717, 1.165) is 38.8 Å². The van der Waals surface area contributed by atoms with Gasteiger partial charge in [0.05, 0.1) is 33.9 Å². The number of nitrogens with zero attached hydrogens (tertiary/aromatic N) is 1. The minimum atomic E-state index is -0.108. The first-order valence-electron chi connectivity index (χ1n) is 9.76. The van der Waals surface area contributed by atoms with E-state index in [-0.39, 0.29) is 18.3 Å². The van der Waals surface area contributed by atoms with Gasteiger partial charge in [-0.15, -0.1) is 0 Å². The number of carbonyl (C=O) groups excluding carboxylic acids is 2. The van der Waals surface area contributed by atoms with Crippen LogP contribution in [0.25, 0.3) is 0 Å². The Bertz CT molecular complexity index is 409. The molecule has 0 heterocycles. The Labute approximate surface area is 159 Å². The van der Waals surface area contributed by atoms with Crippen molar-refractivity contribution in [1.29, 1.82) is 0 Å². The minimum Gasteiger partial charge on any atom is -0.379 e. The van der Waals surface area contributed by atoms with E-state index in [1.165, 1.54) is 6.42 Å². The molecule has 1 N–H and O–H groups in total. The number of quaternary nitrogens is 1. The first-order chi connectivity index (χ1) is 12.4. The fourth-order valence-electron chi connectivity index (χ4n) is 2.56. The third-order valence-electron chi connectivity index (χ3n) is 3.80. The van der Waals surface area contributed by atoms with Crippen molar-refractivity contribution in [2.75, 3.05) is 60.2 Å². The lowest BCUT2D eigenvalue weighted by Crippen LogP contribution is -2.45. The lowest BCUT2D eigenvalue weighted by molar-refractivity contribution is -0.882. The molecule has 26 heavy (non-hydrogen) atoms. The van der Waals surface area contributed by atoms with Gasteiger partial charge in [0, 0.05) is 26.5 Å². The van der Waals surface area contributed by atoms with Crippen molar-refractivity contribution >= 4 is 11.7 Å². The van der Waals surface area contributed by atoms with E-state index in [2.05, 4.69) is 24.4 Å². The SMILES string of the molecule is CCC/C=C\CCCOCCOCC(=O)NCCC[N+](C)(C)CC(C)=O. The minimum absolute atomic E-state index is 0.0643. The highest BCUT2D eigenvalue weighted by Gasteiger charge is 2.16. The lowest BCUT2D eigenvalue weighted by Gasteiger charge is -2.28. The maximum Gasteiger partial charge on any atom is 0.246 e. The predicted molar refractivity (Wildman–Crippen MR) is 105 cm³/mol. The molecule has 0 radical (unpaired) electrons. The Morgan fingerprint density at radius 1 is 1.00 bits per heavy atom. The molecule has 0 aromatic heterocycles. The van der Waals surface area contributed by atoms with Gasteiger partial charge in [-0.2, -0.15) is 0 Å². The van der Waals surface area contributed by atoms with Crippen LogP contribution in [0.3, 0.4) is 0 Å². The topological polar surface area (TPSA) is 64.6 Å². The number of hydrogen-bond donors (Lipinski definition) is 1. The largest absolute Gasteiger partial charge is 0.379 e. The Morgan fingerprint density at radius 3 is 2.38 bits per heavy atom. The van der Waals surface area contributed by atoms with Crippen LogP contribution in [-0.4, -0.2) is 76.3 Å². The van der Waals surface area contributed by atoms with Gasteiger partial charge in [-0.1, -0.05) is 25.5 Å². The highest BCUT2D eigenvalue weighted by atomic mass is 16.5. The molecule has 0 unspecified atom stereocenters. The molecule has 0 saturated carbocycles. The van der Waals surface area contributed by atoms with Gasteiger partial charge in [-0.3, -0.25) is 9.59 Å². The lowest BCUT2D eigenvalue weighted by atomic mass is 10.2. The second kappa shape index (κ2) is 16.0. The molecule has 0 aromatic rings. The van der Waals surface area contributed by atoms with Gasteiger partial charge in [-0.05, 0) is 19.3 Å². The quantitative estimate of drug-likeness (QED) is 0.242. The van der Waals surface area contributed by atoms with Gasteiger partial charge >= 0.3 is 0 Å². The van der Waals surface area contributed by atoms with Crippen LogP contribution in [0.15, 0.2) is 12.2 Å². The summed E-state index contributed by atoms with van der Waals surface area (Å²) in [6, 6.07) is 0. The van der Waals surface area contributed by atoms with Crippen molar-refractivity contribution in [2.24, 2.45) is 0 Å². The number of ketones is 1. The molecule has 0 rings (SSSR count). The van der Waals surface area contributed by atoms with Crippen LogP contribution in [0, 0.1) is 0 Å². The van der Waals surface area contributed by atoms with Crippen LogP contribution in [0.5, 0.6) is 0 Å². The number of allylic oxidation sites excluding steroid dienone is 2. The monoisotopic (exact) mass is 371 g/mol. The molecule has 6 heteroatoms. The number of likely N-dealkylation sites (N-methyl/N-ethyl adjacent to an activating group) is 1. The van der Waals surface area contributed by atoms with Crippen molar-refractivity contribution in [1.82, 2.24) is 5.32 Å². The maximum absolute atomic E-state index is 11.7. The molecule has 0 aromatic carbocycles. The number of nitrogens with one attached hydrogen (secondary N) is 1. The van der Waals surface area contributed by atoms with E-state index in [1.54, 1.807) is 6.92 Å². The summed E-state index contributed by atoms with van der Waals surface area (Å²) in [6.07, 6.45) is 9.64. The van der Waals surface area contributed by atoms with Crippen molar-refractivity contribution in [2.45, 2.75) is 46.0 Å². The van der Waals surface area contributed by atoms with E-state index >= 15 is 0 Å². The van der Waals surface area contributed by atoms with Gasteiger partial charge < -0.3 is 19.3 Å². The molecule has 0 bridgehead atoms. The summed E-state index contributed by atoms with van der Waals surface area (Å²) in [5.74, 6) is 0.0746. The molecule has 6 nitrogen and oxygen atoms in total. The van der Waals surface area contributed by atoms with Gasteiger partial charge in [0.2, 0.25) is 5.91 Å². The van der Waals surface area contributed by atoms with Crippen molar-refractivity contribution in [3.8, 4) is 0 Å². The fourth-order valence-corrected chi connectivity index (χ4v) is 2.56. The second-order valence-electron chi connectivity index (χ2n) is 7.29. The van der Waals surface area contributed by atoms with E-state index in [4.69, 9.17) is 9.47 Å². The summed E-state index contributed by atoms with van der Waals surface area (Å²) in [4.78, 5) is 22.8. The van der Waals surface area contributed by atoms with Crippen LogP contribution >= 0.6 is 0 Å². The Morgan fingerprint density at radius 2 is 1.69 bits per heavy atom. The molecule has 152 valence electrons. The molecule has 0 aliphatic carbocycles. The highest BCUT2D eigenvalue weighted by Crippen LogP contribution is 1.99. The fraction of sp³-hybridized carbons (Fsp3) is 0.800. The summed E-state index contributed by atoms with van der Waals surface area (Å²) < 4.78 is 11.4. The normalized spacial score (nSPS) is 11.8. The smallest absolute Gasteiger partial charge is 0.246 e. The zero-order valence-corrected chi connectivity index (χ0v) is 17.2. The van der Waals surface area contributed by atoms with Crippen molar-refractivity contribution < 1.29 is 23.5 Å².